The van der Waals surface area contributed by atoms with E-state index in [-0.39, 0.29) is 12.5 Å². The number of carbonyl (C=O) groups is 1. The van der Waals surface area contributed by atoms with Crippen LogP contribution in [0.25, 0.3) is 0 Å². The summed E-state index contributed by atoms with van der Waals surface area (Å²) in [6, 6.07) is 3.58. The Labute approximate surface area is 100 Å². The molecule has 6 nitrogen and oxygen atoms in total. The van der Waals surface area contributed by atoms with Gasteiger partial charge in [-0.05, 0) is 5.56 Å². The average molecular weight is 239 g/mol. The number of hydrogen-bond acceptors (Lipinski definition) is 5. The van der Waals surface area contributed by atoms with E-state index in [0.717, 1.165) is 5.56 Å². The summed E-state index contributed by atoms with van der Waals surface area (Å²) >= 11 is 0. The highest BCUT2D eigenvalue weighted by atomic mass is 16.5. The van der Waals surface area contributed by atoms with Gasteiger partial charge in [-0.15, -0.1) is 0 Å². The summed E-state index contributed by atoms with van der Waals surface area (Å²) in [7, 11) is 1.55. The number of nitrogens with zero attached hydrogens (tertiary/aromatic N) is 1. The first kappa shape index (κ1) is 13.4. The van der Waals surface area contributed by atoms with Crippen LogP contribution in [-0.2, 0) is 16.1 Å². The summed E-state index contributed by atoms with van der Waals surface area (Å²) in [6.45, 7) is 1.25. The van der Waals surface area contributed by atoms with Gasteiger partial charge in [0.2, 0.25) is 11.8 Å². The fourth-order valence-electron chi connectivity index (χ4n) is 1.14. The maximum atomic E-state index is 11.3. The van der Waals surface area contributed by atoms with Crippen LogP contribution < -0.4 is 15.8 Å². The van der Waals surface area contributed by atoms with E-state index < -0.39 is 0 Å². The zero-order valence-electron chi connectivity index (χ0n) is 9.81. The number of hydrogen-bond donors (Lipinski definition) is 2. The summed E-state index contributed by atoms with van der Waals surface area (Å²) in [4.78, 5) is 15.3. The third-order valence-electron chi connectivity index (χ3n) is 1.99. The number of ether oxygens (including phenoxy) is 2. The molecular weight excluding hydrogens is 222 g/mol. The van der Waals surface area contributed by atoms with Crippen LogP contribution in [-0.4, -0.2) is 37.8 Å². The molecule has 1 aromatic rings. The Morgan fingerprint density at radius 1 is 1.53 bits per heavy atom. The molecule has 1 rings (SSSR count). The summed E-state index contributed by atoms with van der Waals surface area (Å²) < 4.78 is 9.93. The lowest BCUT2D eigenvalue weighted by Crippen LogP contribution is -2.28. The van der Waals surface area contributed by atoms with Crippen LogP contribution in [0.3, 0.4) is 0 Å². The zero-order valence-corrected chi connectivity index (χ0v) is 9.81. The molecule has 0 bridgehead atoms. The van der Waals surface area contributed by atoms with Gasteiger partial charge in [-0.1, -0.05) is 6.07 Å². The molecule has 1 heterocycles. The molecule has 1 amide bonds. The lowest BCUT2D eigenvalue weighted by atomic mass is 10.3. The van der Waals surface area contributed by atoms with Crippen molar-refractivity contribution in [1.29, 1.82) is 0 Å². The molecule has 3 N–H and O–H groups in total. The van der Waals surface area contributed by atoms with Crippen LogP contribution in [0.4, 0.5) is 0 Å². The van der Waals surface area contributed by atoms with Crippen LogP contribution in [0.15, 0.2) is 18.3 Å². The number of nitrogens with two attached hydrogens (primary N) is 1. The largest absolute Gasteiger partial charge is 0.481 e. The number of pyridine rings is 1. The van der Waals surface area contributed by atoms with Crippen molar-refractivity contribution in [1.82, 2.24) is 10.3 Å². The third-order valence-corrected chi connectivity index (χ3v) is 1.99. The quantitative estimate of drug-likeness (QED) is 0.637. The maximum Gasteiger partial charge on any atom is 0.246 e. The molecule has 0 aromatic carbocycles. The molecule has 0 saturated carbocycles. The molecule has 0 unspecified atom stereocenters. The van der Waals surface area contributed by atoms with Crippen molar-refractivity contribution in [3.05, 3.63) is 23.9 Å². The fraction of sp³-hybridized carbons (Fsp3) is 0.455. The highest BCUT2D eigenvalue weighted by molar-refractivity contribution is 5.77. The highest BCUT2D eigenvalue weighted by Gasteiger charge is 2.01. The first-order valence-corrected chi connectivity index (χ1v) is 5.29. The molecule has 17 heavy (non-hydrogen) atoms. The van der Waals surface area contributed by atoms with E-state index in [2.05, 4.69) is 10.3 Å². The predicted octanol–water partition coefficient (Wildman–Crippen LogP) is -0.318. The molecule has 0 aliphatic rings. The van der Waals surface area contributed by atoms with E-state index in [1.54, 1.807) is 19.4 Å². The summed E-state index contributed by atoms with van der Waals surface area (Å²) in [6.07, 6.45) is 1.65. The Balaban J connectivity index is 2.27. The lowest BCUT2D eigenvalue weighted by molar-refractivity contribution is -0.125. The Bertz CT molecular complexity index is 340. The van der Waals surface area contributed by atoms with Crippen molar-refractivity contribution < 1.29 is 14.3 Å². The van der Waals surface area contributed by atoms with E-state index in [1.807, 2.05) is 6.07 Å². The molecule has 0 aliphatic carbocycles. The average Bonchev–Trinajstić information content (AvgIpc) is 2.37. The lowest BCUT2D eigenvalue weighted by Gasteiger charge is -2.06. The van der Waals surface area contributed by atoms with E-state index >= 15 is 0 Å². The van der Waals surface area contributed by atoms with Crippen LogP contribution >= 0.6 is 0 Å². The normalized spacial score (nSPS) is 10.0. The minimum Gasteiger partial charge on any atom is -0.481 e. The molecule has 0 atom stereocenters. The van der Waals surface area contributed by atoms with Gasteiger partial charge in [-0.25, -0.2) is 4.98 Å². The number of rotatable bonds is 7. The zero-order chi connectivity index (χ0) is 12.5. The van der Waals surface area contributed by atoms with Gasteiger partial charge in [-0.3, -0.25) is 4.79 Å². The number of amides is 1. The van der Waals surface area contributed by atoms with Crippen molar-refractivity contribution in [2.75, 3.05) is 26.9 Å². The summed E-state index contributed by atoms with van der Waals surface area (Å²) in [5.41, 5.74) is 6.13. The Kier molecular flexibility index (Phi) is 5.98. The second kappa shape index (κ2) is 7.59. The van der Waals surface area contributed by atoms with Crippen LogP contribution in [0, 0.1) is 0 Å². The van der Waals surface area contributed by atoms with E-state index in [4.69, 9.17) is 15.2 Å². The van der Waals surface area contributed by atoms with Crippen molar-refractivity contribution in [3.63, 3.8) is 0 Å². The van der Waals surface area contributed by atoms with E-state index in [1.165, 1.54) is 0 Å². The number of nitrogens with one attached hydrogen (secondary N) is 1. The SMILES string of the molecule is COc1ccc(CNC(=O)COCCN)cn1. The van der Waals surface area contributed by atoms with Gasteiger partial charge >= 0.3 is 0 Å². The number of carbonyl (C=O) groups excluding carboxylic acids is 1. The number of methoxy groups -OCH3 is 1. The molecule has 6 heteroatoms. The Morgan fingerprint density at radius 3 is 2.94 bits per heavy atom. The molecule has 0 aliphatic heterocycles. The molecule has 0 saturated heterocycles. The second-order valence-corrected chi connectivity index (χ2v) is 3.33. The Morgan fingerprint density at radius 2 is 2.35 bits per heavy atom. The van der Waals surface area contributed by atoms with Gasteiger partial charge in [0, 0.05) is 25.4 Å². The maximum absolute atomic E-state index is 11.3. The standard InChI is InChI=1S/C11H17N3O3/c1-16-11-3-2-9(7-14-11)6-13-10(15)8-17-5-4-12/h2-3,7H,4-6,8,12H2,1H3,(H,13,15). The topological polar surface area (TPSA) is 86.5 Å². The van der Waals surface area contributed by atoms with Gasteiger partial charge in [0.05, 0.1) is 13.7 Å². The molecule has 0 radical (unpaired) electrons. The van der Waals surface area contributed by atoms with Gasteiger partial charge < -0.3 is 20.5 Å². The van der Waals surface area contributed by atoms with Crippen molar-refractivity contribution in [2.45, 2.75) is 6.54 Å². The van der Waals surface area contributed by atoms with Gasteiger partial charge in [0.15, 0.2) is 0 Å². The third kappa shape index (κ3) is 5.28. The smallest absolute Gasteiger partial charge is 0.246 e. The second-order valence-electron chi connectivity index (χ2n) is 3.33. The van der Waals surface area contributed by atoms with Crippen LogP contribution in [0.2, 0.25) is 0 Å². The summed E-state index contributed by atoms with van der Waals surface area (Å²) in [5, 5.41) is 2.71. The van der Waals surface area contributed by atoms with Crippen molar-refractivity contribution in [2.24, 2.45) is 5.73 Å². The molecule has 0 fully saturated rings. The van der Waals surface area contributed by atoms with E-state index in [0.29, 0.717) is 25.6 Å². The molecule has 1 aromatic heterocycles. The van der Waals surface area contributed by atoms with Gasteiger partial charge in [0.25, 0.3) is 0 Å². The fourth-order valence-corrected chi connectivity index (χ4v) is 1.14. The minimum atomic E-state index is -0.172. The van der Waals surface area contributed by atoms with Crippen molar-refractivity contribution in [3.8, 4) is 5.88 Å². The Hall–Kier alpha value is -1.66. The minimum absolute atomic E-state index is 0.0286. The van der Waals surface area contributed by atoms with E-state index in [9.17, 15) is 4.79 Å². The first-order chi connectivity index (χ1) is 8.26. The van der Waals surface area contributed by atoms with Gasteiger partial charge in [0.1, 0.15) is 6.61 Å². The summed E-state index contributed by atoms with van der Waals surface area (Å²) in [5.74, 6) is 0.376. The monoisotopic (exact) mass is 239 g/mol. The number of aromatic nitrogens is 1. The molecule has 94 valence electrons. The van der Waals surface area contributed by atoms with Crippen LogP contribution in [0.1, 0.15) is 5.56 Å². The molecular formula is C11H17N3O3. The predicted molar refractivity (Wildman–Crippen MR) is 62.5 cm³/mol. The van der Waals surface area contributed by atoms with Crippen LogP contribution in [0.5, 0.6) is 5.88 Å². The first-order valence-electron chi connectivity index (χ1n) is 5.29. The highest BCUT2D eigenvalue weighted by Crippen LogP contribution is 2.05. The van der Waals surface area contributed by atoms with Gasteiger partial charge in [-0.2, -0.15) is 0 Å². The van der Waals surface area contributed by atoms with Crippen molar-refractivity contribution >= 4 is 5.91 Å². The molecule has 0 spiro atoms.